The number of nitrogens with zero attached hydrogens (tertiary/aromatic N) is 2. The molecular weight excluding hydrogens is 262 g/mol. The summed E-state index contributed by atoms with van der Waals surface area (Å²) >= 11 is 0. The Morgan fingerprint density at radius 1 is 1.38 bits per heavy atom. The standard InChI is InChI=1S/C17H25N3O/c1-13-7-8-17(21-4)16(10-13)14(2)18-9-5-6-15-11-19-20(3)12-15/h7-8,10-12,14,18H,5-6,9H2,1-4H3/t14-/m0/s1. The number of methoxy groups -OCH3 is 1. The normalized spacial score (nSPS) is 12.4. The van der Waals surface area contributed by atoms with Crippen LogP contribution in [0.15, 0.2) is 30.6 Å². The van der Waals surface area contributed by atoms with Crippen molar-refractivity contribution in [2.24, 2.45) is 7.05 Å². The van der Waals surface area contributed by atoms with Crippen molar-refractivity contribution >= 4 is 0 Å². The van der Waals surface area contributed by atoms with Crippen LogP contribution in [-0.4, -0.2) is 23.4 Å². The van der Waals surface area contributed by atoms with E-state index >= 15 is 0 Å². The highest BCUT2D eigenvalue weighted by molar-refractivity contribution is 5.38. The predicted octanol–water partition coefficient (Wildman–Crippen LogP) is 3.02. The molecule has 0 saturated carbocycles. The van der Waals surface area contributed by atoms with E-state index in [4.69, 9.17) is 4.74 Å². The van der Waals surface area contributed by atoms with E-state index in [1.807, 2.05) is 24.0 Å². The molecule has 4 heteroatoms. The van der Waals surface area contributed by atoms with Crippen molar-refractivity contribution in [3.05, 3.63) is 47.3 Å². The zero-order valence-electron chi connectivity index (χ0n) is 13.4. The molecule has 1 aromatic carbocycles. The van der Waals surface area contributed by atoms with Gasteiger partial charge in [0.15, 0.2) is 0 Å². The lowest BCUT2D eigenvalue weighted by Gasteiger charge is -2.18. The molecule has 2 aromatic rings. The fourth-order valence-electron chi connectivity index (χ4n) is 2.51. The summed E-state index contributed by atoms with van der Waals surface area (Å²) in [6.45, 7) is 5.27. The van der Waals surface area contributed by atoms with Crippen molar-refractivity contribution in [3.8, 4) is 5.75 Å². The van der Waals surface area contributed by atoms with Gasteiger partial charge in [-0.05, 0) is 44.9 Å². The van der Waals surface area contributed by atoms with E-state index in [1.165, 1.54) is 16.7 Å². The third-order valence-corrected chi connectivity index (χ3v) is 3.70. The molecule has 21 heavy (non-hydrogen) atoms. The third kappa shape index (κ3) is 4.33. The van der Waals surface area contributed by atoms with Crippen LogP contribution in [0.1, 0.15) is 36.1 Å². The van der Waals surface area contributed by atoms with Gasteiger partial charge in [-0.3, -0.25) is 4.68 Å². The number of rotatable bonds is 7. The Morgan fingerprint density at radius 3 is 2.86 bits per heavy atom. The Hall–Kier alpha value is -1.81. The van der Waals surface area contributed by atoms with Crippen LogP contribution in [0.25, 0.3) is 0 Å². The minimum atomic E-state index is 0.286. The summed E-state index contributed by atoms with van der Waals surface area (Å²) in [5, 5.41) is 7.76. The number of nitrogens with one attached hydrogen (secondary N) is 1. The van der Waals surface area contributed by atoms with Crippen molar-refractivity contribution < 1.29 is 4.74 Å². The molecule has 0 bridgehead atoms. The zero-order valence-corrected chi connectivity index (χ0v) is 13.4. The van der Waals surface area contributed by atoms with Crippen LogP contribution in [0.3, 0.4) is 0 Å². The van der Waals surface area contributed by atoms with Crippen molar-refractivity contribution in [1.82, 2.24) is 15.1 Å². The van der Waals surface area contributed by atoms with Gasteiger partial charge >= 0.3 is 0 Å². The minimum absolute atomic E-state index is 0.286. The quantitative estimate of drug-likeness (QED) is 0.796. The molecule has 1 N–H and O–H groups in total. The van der Waals surface area contributed by atoms with E-state index in [-0.39, 0.29) is 6.04 Å². The first-order chi connectivity index (χ1) is 10.1. The number of hydrogen-bond acceptors (Lipinski definition) is 3. The number of hydrogen-bond donors (Lipinski definition) is 1. The van der Waals surface area contributed by atoms with Crippen molar-refractivity contribution in [2.75, 3.05) is 13.7 Å². The number of benzene rings is 1. The van der Waals surface area contributed by atoms with Crippen molar-refractivity contribution in [2.45, 2.75) is 32.7 Å². The highest BCUT2D eigenvalue weighted by Crippen LogP contribution is 2.25. The fourth-order valence-corrected chi connectivity index (χ4v) is 2.51. The summed E-state index contributed by atoms with van der Waals surface area (Å²) in [4.78, 5) is 0. The molecule has 114 valence electrons. The topological polar surface area (TPSA) is 39.1 Å². The molecule has 0 aliphatic carbocycles. The van der Waals surface area contributed by atoms with Crippen molar-refractivity contribution in [1.29, 1.82) is 0 Å². The SMILES string of the molecule is COc1ccc(C)cc1[C@H](C)NCCCc1cnn(C)c1. The monoisotopic (exact) mass is 287 g/mol. The summed E-state index contributed by atoms with van der Waals surface area (Å²) in [6, 6.07) is 6.60. The summed E-state index contributed by atoms with van der Waals surface area (Å²) in [5.41, 5.74) is 3.77. The summed E-state index contributed by atoms with van der Waals surface area (Å²) in [5.74, 6) is 0.952. The maximum absolute atomic E-state index is 5.45. The molecule has 1 aromatic heterocycles. The average molecular weight is 287 g/mol. The molecule has 0 saturated heterocycles. The smallest absolute Gasteiger partial charge is 0.123 e. The van der Waals surface area contributed by atoms with Gasteiger partial charge < -0.3 is 10.1 Å². The first-order valence-corrected chi connectivity index (χ1v) is 7.45. The Labute approximate surface area is 127 Å². The van der Waals surface area contributed by atoms with Crippen LogP contribution >= 0.6 is 0 Å². The highest BCUT2D eigenvalue weighted by atomic mass is 16.5. The number of ether oxygens (including phenoxy) is 1. The van der Waals surface area contributed by atoms with E-state index < -0.39 is 0 Å². The second-order valence-corrected chi connectivity index (χ2v) is 5.55. The van der Waals surface area contributed by atoms with E-state index in [0.29, 0.717) is 0 Å². The van der Waals surface area contributed by atoms with Gasteiger partial charge in [-0.25, -0.2) is 0 Å². The summed E-state index contributed by atoms with van der Waals surface area (Å²) < 4.78 is 7.30. The Bertz CT molecular complexity index is 577. The third-order valence-electron chi connectivity index (χ3n) is 3.70. The second-order valence-electron chi connectivity index (χ2n) is 5.55. The van der Waals surface area contributed by atoms with Gasteiger partial charge in [0, 0.05) is 24.8 Å². The van der Waals surface area contributed by atoms with E-state index in [2.05, 4.69) is 42.6 Å². The number of aromatic nitrogens is 2. The van der Waals surface area contributed by atoms with Gasteiger partial charge in [-0.2, -0.15) is 5.10 Å². The Kier molecular flexibility index (Phi) is 5.39. The molecule has 0 spiro atoms. The molecule has 0 amide bonds. The molecular formula is C17H25N3O. The lowest BCUT2D eigenvalue weighted by Crippen LogP contribution is -2.21. The van der Waals surface area contributed by atoms with Crippen LogP contribution in [0, 0.1) is 6.92 Å². The van der Waals surface area contributed by atoms with Gasteiger partial charge in [-0.1, -0.05) is 17.7 Å². The second kappa shape index (κ2) is 7.27. The zero-order chi connectivity index (χ0) is 15.2. The summed E-state index contributed by atoms with van der Waals surface area (Å²) in [7, 11) is 3.68. The molecule has 1 atom stereocenters. The minimum Gasteiger partial charge on any atom is -0.496 e. The lowest BCUT2D eigenvalue weighted by molar-refractivity contribution is 0.401. The predicted molar refractivity (Wildman–Crippen MR) is 85.7 cm³/mol. The van der Waals surface area contributed by atoms with Crippen molar-refractivity contribution in [3.63, 3.8) is 0 Å². The molecule has 0 radical (unpaired) electrons. The van der Waals surface area contributed by atoms with Crippen LogP contribution in [0.5, 0.6) is 5.75 Å². The highest BCUT2D eigenvalue weighted by Gasteiger charge is 2.10. The molecule has 1 heterocycles. The van der Waals surface area contributed by atoms with Gasteiger partial charge in [0.25, 0.3) is 0 Å². The largest absolute Gasteiger partial charge is 0.496 e. The Balaban J connectivity index is 1.84. The molecule has 4 nitrogen and oxygen atoms in total. The van der Waals surface area contributed by atoms with Gasteiger partial charge in [0.05, 0.1) is 13.3 Å². The van der Waals surface area contributed by atoms with Crippen LogP contribution in [0.4, 0.5) is 0 Å². The maximum Gasteiger partial charge on any atom is 0.123 e. The molecule has 0 fully saturated rings. The van der Waals surface area contributed by atoms with Crippen LogP contribution < -0.4 is 10.1 Å². The van der Waals surface area contributed by atoms with E-state index in [0.717, 1.165) is 25.1 Å². The van der Waals surface area contributed by atoms with E-state index in [1.54, 1.807) is 7.11 Å². The van der Waals surface area contributed by atoms with Crippen LogP contribution in [-0.2, 0) is 13.5 Å². The average Bonchev–Trinajstić information content (AvgIpc) is 2.89. The van der Waals surface area contributed by atoms with Gasteiger partial charge in [-0.15, -0.1) is 0 Å². The molecule has 0 unspecified atom stereocenters. The molecule has 2 rings (SSSR count). The van der Waals surface area contributed by atoms with Gasteiger partial charge in [0.1, 0.15) is 5.75 Å². The van der Waals surface area contributed by atoms with Gasteiger partial charge in [0.2, 0.25) is 0 Å². The molecule has 0 aliphatic heterocycles. The first-order valence-electron chi connectivity index (χ1n) is 7.45. The Morgan fingerprint density at radius 2 is 2.19 bits per heavy atom. The summed E-state index contributed by atoms with van der Waals surface area (Å²) in [6.07, 6.45) is 6.17. The lowest BCUT2D eigenvalue weighted by atomic mass is 10.0. The van der Waals surface area contributed by atoms with E-state index in [9.17, 15) is 0 Å². The number of aryl methyl sites for hydroxylation is 3. The fraction of sp³-hybridized carbons (Fsp3) is 0.471. The first kappa shape index (κ1) is 15.6. The maximum atomic E-state index is 5.45. The molecule has 0 aliphatic rings. The van der Waals surface area contributed by atoms with Crippen LogP contribution in [0.2, 0.25) is 0 Å².